The largest absolute Gasteiger partial charge is 0.396 e. The lowest BCUT2D eigenvalue weighted by molar-refractivity contribution is -0.0481. The zero-order valence-electron chi connectivity index (χ0n) is 8.90. The first kappa shape index (κ1) is 11.0. The summed E-state index contributed by atoms with van der Waals surface area (Å²) in [5.74, 6) is 1.47. The highest BCUT2D eigenvalue weighted by atomic mass is 16.3. The number of hydrogen-bond donors (Lipinski definition) is 2. The summed E-state index contributed by atoms with van der Waals surface area (Å²) in [4.78, 5) is 0. The molecule has 0 aromatic heterocycles. The lowest BCUT2D eigenvalue weighted by Crippen LogP contribution is -2.42. The number of aliphatic hydroxyl groups excluding tert-OH is 2. The normalized spacial score (nSPS) is 41.1. The third kappa shape index (κ3) is 2.23. The number of rotatable bonds is 2. The Morgan fingerprint density at radius 1 is 1.38 bits per heavy atom. The predicted molar refractivity (Wildman–Crippen MR) is 55.4 cm³/mol. The van der Waals surface area contributed by atoms with Gasteiger partial charge in [-0.15, -0.1) is 0 Å². The van der Waals surface area contributed by atoms with Crippen LogP contribution in [0.3, 0.4) is 0 Å². The van der Waals surface area contributed by atoms with Gasteiger partial charge in [-0.1, -0.05) is 20.8 Å². The average molecular weight is 188 g/mol. The lowest BCUT2D eigenvalue weighted by Gasteiger charge is -2.40. The van der Waals surface area contributed by atoms with Gasteiger partial charge in [-0.25, -0.2) is 0 Å². The molecule has 0 amide bonds. The molecule has 1 saturated carbocycles. The molecule has 0 aliphatic heterocycles. The first-order valence-electron chi connectivity index (χ1n) is 5.36. The maximum absolute atomic E-state index is 10.0. The van der Waals surface area contributed by atoms with Gasteiger partial charge in [0.05, 0.1) is 6.10 Å². The molecule has 0 spiro atoms. The molecule has 4 atom stereocenters. The molecule has 0 radical (unpaired) electrons. The molecular weight excluding hydrogens is 164 g/mol. The van der Waals surface area contributed by atoms with Gasteiger partial charge < -0.3 is 10.2 Å². The second-order valence-corrected chi connectivity index (χ2v) is 4.80. The van der Waals surface area contributed by atoms with E-state index in [4.69, 9.17) is 0 Å². The Morgan fingerprint density at radius 3 is 2.46 bits per heavy atom. The van der Waals surface area contributed by atoms with E-state index in [1.54, 1.807) is 0 Å². The molecule has 0 aromatic rings. The van der Waals surface area contributed by atoms with Gasteiger partial charge in [0.15, 0.2) is 0 Å². The van der Waals surface area contributed by atoms with E-state index < -0.39 is 0 Å². The first-order chi connectivity index (χ1) is 6.07. The Bertz CT molecular complexity index is 159. The molecule has 0 heterocycles. The van der Waals surface area contributed by atoms with Gasteiger partial charge in [0.1, 0.15) is 0 Å². The quantitative estimate of drug-likeness (QED) is 0.695. The molecule has 2 nitrogen and oxygen atoms in total. The minimum atomic E-state index is -0.297. The minimum Gasteiger partial charge on any atom is -0.396 e. The summed E-state index contributed by atoms with van der Waals surface area (Å²) in [6.07, 6.45) is 1.95. The fourth-order valence-electron chi connectivity index (χ4n) is 2.51. The van der Waals surface area contributed by atoms with Crippen LogP contribution in [0.4, 0.5) is 0 Å². The van der Waals surface area contributed by atoms with Crippen LogP contribution >= 0.6 is 0 Å². The Labute approximate surface area is 82.5 Å². The minimum absolute atomic E-state index is 0. The van der Waals surface area contributed by atoms with Crippen LogP contribution in [-0.4, -0.2) is 22.9 Å². The zero-order chi connectivity index (χ0) is 10.0. The fourth-order valence-corrected chi connectivity index (χ4v) is 2.51. The fraction of sp³-hybridized carbons (Fsp3) is 1.00. The summed E-state index contributed by atoms with van der Waals surface area (Å²) < 4.78 is 0. The third-order valence-electron chi connectivity index (χ3n) is 3.63. The molecule has 2 heteroatoms. The molecule has 2 N–H and O–H groups in total. The van der Waals surface area contributed by atoms with Crippen molar-refractivity contribution in [3.8, 4) is 0 Å². The van der Waals surface area contributed by atoms with Gasteiger partial charge in [0.25, 0.3) is 0 Å². The van der Waals surface area contributed by atoms with Gasteiger partial charge in [-0.3, -0.25) is 0 Å². The van der Waals surface area contributed by atoms with Gasteiger partial charge >= 0.3 is 0 Å². The summed E-state index contributed by atoms with van der Waals surface area (Å²) in [6, 6.07) is 0. The van der Waals surface area contributed by atoms with Crippen molar-refractivity contribution in [3.05, 3.63) is 0 Å². The van der Waals surface area contributed by atoms with Crippen molar-refractivity contribution < 1.29 is 11.6 Å². The van der Waals surface area contributed by atoms with E-state index in [1.807, 2.05) is 0 Å². The van der Waals surface area contributed by atoms with E-state index in [2.05, 4.69) is 20.8 Å². The Kier molecular flexibility index (Phi) is 3.74. The molecule has 4 unspecified atom stereocenters. The highest BCUT2D eigenvalue weighted by Crippen LogP contribution is 2.37. The van der Waals surface area contributed by atoms with E-state index in [-0.39, 0.29) is 20.1 Å². The second-order valence-electron chi connectivity index (χ2n) is 4.80. The van der Waals surface area contributed by atoms with E-state index >= 15 is 0 Å². The molecular formula is C11H24O2. The third-order valence-corrected chi connectivity index (χ3v) is 3.63. The molecule has 13 heavy (non-hydrogen) atoms. The van der Waals surface area contributed by atoms with Gasteiger partial charge in [-0.2, -0.15) is 0 Å². The van der Waals surface area contributed by atoms with Crippen molar-refractivity contribution in [1.29, 1.82) is 0 Å². The molecule has 1 aliphatic carbocycles. The number of hydrogen-bond acceptors (Lipinski definition) is 2. The van der Waals surface area contributed by atoms with Crippen LogP contribution in [0.1, 0.15) is 35.0 Å². The molecule has 1 aliphatic rings. The van der Waals surface area contributed by atoms with E-state index in [1.165, 1.54) is 0 Å². The summed E-state index contributed by atoms with van der Waals surface area (Å²) in [5, 5.41) is 19.2. The monoisotopic (exact) mass is 188 g/mol. The van der Waals surface area contributed by atoms with Crippen molar-refractivity contribution in [2.45, 2.75) is 39.7 Å². The van der Waals surface area contributed by atoms with Crippen LogP contribution in [0, 0.1) is 23.7 Å². The van der Waals surface area contributed by atoms with Gasteiger partial charge in [-0.05, 0) is 30.6 Å². The van der Waals surface area contributed by atoms with Gasteiger partial charge in [0, 0.05) is 14.0 Å². The van der Waals surface area contributed by atoms with E-state index in [0.29, 0.717) is 17.8 Å². The standard InChI is InChI=1S/C11H22O2.H2/c1-7(2)9-5-4-8(3)10(6-12)11(9)13;/h7-13H,4-6H2,1-3H3;1H. The Morgan fingerprint density at radius 2 is 2.00 bits per heavy atom. The molecule has 0 bridgehead atoms. The molecule has 0 aromatic carbocycles. The van der Waals surface area contributed by atoms with Crippen LogP contribution < -0.4 is 0 Å². The Hall–Kier alpha value is -0.0800. The predicted octanol–water partition coefficient (Wildman–Crippen LogP) is 1.90. The van der Waals surface area contributed by atoms with Crippen molar-refractivity contribution in [2.24, 2.45) is 23.7 Å². The van der Waals surface area contributed by atoms with Crippen molar-refractivity contribution >= 4 is 0 Å². The smallest absolute Gasteiger partial charge is 0.0623 e. The highest BCUT2D eigenvalue weighted by Gasteiger charge is 2.36. The van der Waals surface area contributed by atoms with Crippen molar-refractivity contribution in [2.75, 3.05) is 6.61 Å². The highest BCUT2D eigenvalue weighted by molar-refractivity contribution is 4.86. The zero-order valence-corrected chi connectivity index (χ0v) is 8.90. The van der Waals surface area contributed by atoms with Crippen LogP contribution in [0.25, 0.3) is 0 Å². The maximum atomic E-state index is 10.0. The number of aliphatic hydroxyl groups is 2. The van der Waals surface area contributed by atoms with Crippen molar-refractivity contribution in [3.63, 3.8) is 0 Å². The molecule has 1 rings (SSSR count). The second kappa shape index (κ2) is 4.43. The van der Waals surface area contributed by atoms with E-state index in [9.17, 15) is 10.2 Å². The van der Waals surface area contributed by atoms with Crippen LogP contribution in [0.5, 0.6) is 0 Å². The summed E-state index contributed by atoms with van der Waals surface area (Å²) in [7, 11) is 0. The van der Waals surface area contributed by atoms with Crippen LogP contribution in [-0.2, 0) is 0 Å². The molecule has 1 fully saturated rings. The van der Waals surface area contributed by atoms with Crippen LogP contribution in [0.2, 0.25) is 0 Å². The van der Waals surface area contributed by atoms with Gasteiger partial charge in [0.2, 0.25) is 0 Å². The first-order valence-corrected chi connectivity index (χ1v) is 5.36. The Balaban J connectivity index is 0.00000169. The SMILES string of the molecule is CC(C)C1CCC(C)C(CO)C1O.[HH]. The summed E-state index contributed by atoms with van der Waals surface area (Å²) >= 11 is 0. The average Bonchev–Trinajstić information content (AvgIpc) is 2.04. The lowest BCUT2D eigenvalue weighted by atomic mass is 9.69. The van der Waals surface area contributed by atoms with Crippen molar-refractivity contribution in [1.82, 2.24) is 0 Å². The van der Waals surface area contributed by atoms with E-state index in [0.717, 1.165) is 12.8 Å². The molecule has 80 valence electrons. The van der Waals surface area contributed by atoms with Crippen LogP contribution in [0.15, 0.2) is 0 Å². The molecule has 0 saturated heterocycles. The summed E-state index contributed by atoms with van der Waals surface area (Å²) in [5.41, 5.74) is 0. The maximum Gasteiger partial charge on any atom is 0.0623 e. The topological polar surface area (TPSA) is 40.5 Å². The summed E-state index contributed by atoms with van der Waals surface area (Å²) in [6.45, 7) is 6.56.